The predicted molar refractivity (Wildman–Crippen MR) is 81.6 cm³/mol. The molecule has 3 heteroatoms. The van der Waals surface area contributed by atoms with Crippen LogP contribution in [-0.2, 0) is 9.53 Å². The minimum atomic E-state index is 0.0185. The molecule has 2 fully saturated rings. The van der Waals surface area contributed by atoms with Crippen molar-refractivity contribution in [3.63, 3.8) is 0 Å². The molecule has 0 heterocycles. The average molecular weight is 281 g/mol. The average Bonchev–Trinajstić information content (AvgIpc) is 2.97. The Kier molecular flexibility index (Phi) is 6.85. The normalized spacial score (nSPS) is 27.6. The Morgan fingerprint density at radius 2 is 1.95 bits per heavy atom. The lowest BCUT2D eigenvalue weighted by Gasteiger charge is -2.28. The van der Waals surface area contributed by atoms with Crippen LogP contribution in [0.15, 0.2) is 0 Å². The van der Waals surface area contributed by atoms with Gasteiger partial charge in [-0.2, -0.15) is 0 Å². The van der Waals surface area contributed by atoms with Crippen molar-refractivity contribution < 1.29 is 9.53 Å². The van der Waals surface area contributed by atoms with Gasteiger partial charge in [0.05, 0.1) is 12.5 Å². The predicted octanol–water partition coefficient (Wildman–Crippen LogP) is 3.67. The Balaban J connectivity index is 1.58. The van der Waals surface area contributed by atoms with Crippen molar-refractivity contribution in [2.24, 2.45) is 11.8 Å². The first-order chi connectivity index (χ1) is 9.79. The molecule has 0 bridgehead atoms. The highest BCUT2D eigenvalue weighted by Crippen LogP contribution is 2.29. The summed E-state index contributed by atoms with van der Waals surface area (Å²) in [6.07, 6.45) is 12.9. The summed E-state index contributed by atoms with van der Waals surface area (Å²) in [5.74, 6) is 1.15. The van der Waals surface area contributed by atoms with E-state index in [1.807, 2.05) is 6.92 Å². The summed E-state index contributed by atoms with van der Waals surface area (Å²) in [5, 5.41) is 3.66. The van der Waals surface area contributed by atoms with Gasteiger partial charge in [-0.05, 0) is 51.5 Å². The summed E-state index contributed by atoms with van der Waals surface area (Å²) in [6.45, 7) is 3.52. The highest BCUT2D eigenvalue weighted by molar-refractivity contribution is 5.72. The zero-order valence-corrected chi connectivity index (χ0v) is 13.0. The molecular formula is C17H31NO2. The van der Waals surface area contributed by atoms with Crippen LogP contribution in [-0.4, -0.2) is 25.2 Å². The molecule has 0 aromatic heterocycles. The topological polar surface area (TPSA) is 38.3 Å². The molecule has 1 N–H and O–H groups in total. The van der Waals surface area contributed by atoms with Crippen LogP contribution in [0.3, 0.4) is 0 Å². The van der Waals surface area contributed by atoms with E-state index in [1.165, 1.54) is 44.9 Å². The number of nitrogens with one attached hydrogen (secondary N) is 1. The van der Waals surface area contributed by atoms with Crippen LogP contribution < -0.4 is 5.32 Å². The lowest BCUT2D eigenvalue weighted by molar-refractivity contribution is -0.149. The van der Waals surface area contributed by atoms with Gasteiger partial charge < -0.3 is 10.1 Å². The van der Waals surface area contributed by atoms with Gasteiger partial charge in [-0.25, -0.2) is 0 Å². The molecule has 2 aliphatic carbocycles. The molecule has 2 rings (SSSR count). The smallest absolute Gasteiger partial charge is 0.308 e. The highest BCUT2D eigenvalue weighted by atomic mass is 16.5. The van der Waals surface area contributed by atoms with Gasteiger partial charge in [-0.1, -0.05) is 32.1 Å². The van der Waals surface area contributed by atoms with Crippen LogP contribution in [0.5, 0.6) is 0 Å². The van der Waals surface area contributed by atoms with Gasteiger partial charge in [0, 0.05) is 6.04 Å². The van der Waals surface area contributed by atoms with E-state index in [0.29, 0.717) is 12.6 Å². The second-order valence-corrected chi connectivity index (χ2v) is 6.56. The Morgan fingerprint density at radius 1 is 1.15 bits per heavy atom. The summed E-state index contributed by atoms with van der Waals surface area (Å²) in [5.41, 5.74) is 0. The van der Waals surface area contributed by atoms with Gasteiger partial charge in [0.25, 0.3) is 0 Å². The molecule has 20 heavy (non-hydrogen) atoms. The maximum absolute atomic E-state index is 11.8. The number of rotatable bonds is 7. The van der Waals surface area contributed by atoms with Gasteiger partial charge in [0.1, 0.15) is 0 Å². The second-order valence-electron chi connectivity index (χ2n) is 6.56. The third kappa shape index (κ3) is 5.08. The van der Waals surface area contributed by atoms with Crippen LogP contribution in [0.2, 0.25) is 0 Å². The van der Waals surface area contributed by atoms with Crippen LogP contribution in [0.1, 0.15) is 71.1 Å². The lowest BCUT2D eigenvalue weighted by atomic mass is 9.85. The van der Waals surface area contributed by atoms with Gasteiger partial charge in [-0.3, -0.25) is 4.79 Å². The van der Waals surface area contributed by atoms with E-state index in [1.54, 1.807) is 0 Å². The molecule has 0 spiro atoms. The number of esters is 1. The number of hydrogen-bond donors (Lipinski definition) is 1. The monoisotopic (exact) mass is 281 g/mol. The number of carbonyl (C=O) groups is 1. The summed E-state index contributed by atoms with van der Waals surface area (Å²) in [4.78, 5) is 11.8. The minimum absolute atomic E-state index is 0.0185. The second kappa shape index (κ2) is 8.66. The van der Waals surface area contributed by atoms with E-state index in [0.717, 1.165) is 31.7 Å². The van der Waals surface area contributed by atoms with Gasteiger partial charge in [0.15, 0.2) is 0 Å². The Hall–Kier alpha value is -0.570. The first kappa shape index (κ1) is 15.8. The molecule has 0 aromatic carbocycles. The molecule has 0 radical (unpaired) electrons. The molecular weight excluding hydrogens is 250 g/mol. The summed E-state index contributed by atoms with van der Waals surface area (Å²) in [6, 6.07) is 0.529. The zero-order valence-electron chi connectivity index (χ0n) is 13.0. The van der Waals surface area contributed by atoms with Crippen LogP contribution >= 0.6 is 0 Å². The van der Waals surface area contributed by atoms with Gasteiger partial charge in [-0.15, -0.1) is 0 Å². The lowest BCUT2D eigenvalue weighted by Crippen LogP contribution is -2.37. The molecule has 0 aromatic rings. The highest BCUT2D eigenvalue weighted by Gasteiger charge is 2.27. The summed E-state index contributed by atoms with van der Waals surface area (Å²) in [7, 11) is 0. The fourth-order valence-electron chi connectivity index (χ4n) is 3.85. The van der Waals surface area contributed by atoms with Crippen molar-refractivity contribution in [1.82, 2.24) is 5.32 Å². The Labute approximate surface area is 123 Å². The van der Waals surface area contributed by atoms with Crippen LogP contribution in [0.4, 0.5) is 0 Å². The third-order valence-corrected chi connectivity index (χ3v) is 4.99. The van der Waals surface area contributed by atoms with E-state index in [9.17, 15) is 4.79 Å². The SMILES string of the molecule is CCOC(=O)C1CCCC(NCCCC2CCCC2)C1. The first-order valence-corrected chi connectivity index (χ1v) is 8.69. The van der Waals surface area contributed by atoms with E-state index in [2.05, 4.69) is 5.32 Å². The van der Waals surface area contributed by atoms with Crippen molar-refractivity contribution in [3.05, 3.63) is 0 Å². The standard InChI is InChI=1S/C17H31NO2/c1-2-20-17(19)15-10-5-11-16(13-15)18-12-6-9-14-7-3-4-8-14/h14-16,18H,2-13H2,1H3. The quantitative estimate of drug-likeness (QED) is 0.571. The van der Waals surface area contributed by atoms with Crippen LogP contribution in [0.25, 0.3) is 0 Å². The maximum atomic E-state index is 11.8. The molecule has 2 aliphatic rings. The molecule has 116 valence electrons. The summed E-state index contributed by atoms with van der Waals surface area (Å²) < 4.78 is 5.16. The third-order valence-electron chi connectivity index (χ3n) is 4.99. The largest absolute Gasteiger partial charge is 0.466 e. The van der Waals surface area contributed by atoms with E-state index in [4.69, 9.17) is 4.74 Å². The summed E-state index contributed by atoms with van der Waals surface area (Å²) >= 11 is 0. The fraction of sp³-hybridized carbons (Fsp3) is 0.941. The molecule has 0 saturated heterocycles. The fourth-order valence-corrected chi connectivity index (χ4v) is 3.85. The van der Waals surface area contributed by atoms with Crippen molar-refractivity contribution in [2.75, 3.05) is 13.2 Å². The van der Waals surface area contributed by atoms with Gasteiger partial charge >= 0.3 is 5.97 Å². The van der Waals surface area contributed by atoms with Crippen LogP contribution in [0, 0.1) is 11.8 Å². The molecule has 0 aliphatic heterocycles. The molecule has 2 unspecified atom stereocenters. The van der Waals surface area contributed by atoms with Gasteiger partial charge in [0.2, 0.25) is 0 Å². The molecule has 0 amide bonds. The maximum Gasteiger partial charge on any atom is 0.308 e. The molecule has 2 atom stereocenters. The first-order valence-electron chi connectivity index (χ1n) is 8.69. The molecule has 2 saturated carbocycles. The number of hydrogen-bond acceptors (Lipinski definition) is 3. The van der Waals surface area contributed by atoms with Crippen molar-refractivity contribution >= 4 is 5.97 Å². The Morgan fingerprint density at radius 3 is 2.70 bits per heavy atom. The van der Waals surface area contributed by atoms with Crippen molar-refractivity contribution in [1.29, 1.82) is 0 Å². The van der Waals surface area contributed by atoms with Crippen molar-refractivity contribution in [3.8, 4) is 0 Å². The Bertz CT molecular complexity index is 287. The minimum Gasteiger partial charge on any atom is -0.466 e. The number of ether oxygens (including phenoxy) is 1. The molecule has 3 nitrogen and oxygen atoms in total. The number of carbonyl (C=O) groups excluding carboxylic acids is 1. The zero-order chi connectivity index (χ0) is 14.2. The van der Waals surface area contributed by atoms with E-state index < -0.39 is 0 Å². The van der Waals surface area contributed by atoms with E-state index >= 15 is 0 Å². The van der Waals surface area contributed by atoms with E-state index in [-0.39, 0.29) is 11.9 Å². The van der Waals surface area contributed by atoms with Crippen molar-refractivity contribution in [2.45, 2.75) is 77.2 Å².